The molecule has 1 heterocycles. The first-order valence-corrected chi connectivity index (χ1v) is 11.0. The lowest BCUT2D eigenvalue weighted by Gasteiger charge is -2.21. The minimum Gasteiger partial charge on any atom is -0.301 e. The van der Waals surface area contributed by atoms with Crippen molar-refractivity contribution in [3.63, 3.8) is 0 Å². The number of thiazole rings is 1. The number of nitrogens with zero attached hydrogens (tertiary/aromatic N) is 2. The van der Waals surface area contributed by atoms with Gasteiger partial charge in [0.25, 0.3) is 0 Å². The summed E-state index contributed by atoms with van der Waals surface area (Å²) in [6, 6.07) is 6.41. The van der Waals surface area contributed by atoms with Gasteiger partial charge in [0.15, 0.2) is 5.13 Å². The van der Waals surface area contributed by atoms with Crippen molar-refractivity contribution in [1.29, 1.82) is 0 Å². The van der Waals surface area contributed by atoms with Crippen molar-refractivity contribution < 1.29 is 13.2 Å². The average molecular weight is 446 g/mol. The quantitative estimate of drug-likeness (QED) is 0.596. The Kier molecular flexibility index (Phi) is 7.55. The second-order valence-corrected chi connectivity index (χ2v) is 9.13. The molecule has 0 saturated carbocycles. The van der Waals surface area contributed by atoms with Crippen LogP contribution in [0.3, 0.4) is 0 Å². The number of rotatable bonds is 9. The number of carbonyl (C=O) groups excluding carboxylic acids is 1. The zero-order valence-electron chi connectivity index (χ0n) is 13.8. The third kappa shape index (κ3) is 5.88. The molecule has 2 aromatic rings. The van der Waals surface area contributed by atoms with E-state index in [9.17, 15) is 13.2 Å². The number of aromatic nitrogens is 1. The Hall–Kier alpha value is -1.29. The monoisotopic (exact) mass is 445 g/mol. The second-order valence-electron chi connectivity index (χ2n) is 5.39. The van der Waals surface area contributed by atoms with Crippen LogP contribution in [0.1, 0.15) is 26.2 Å². The third-order valence-corrected chi connectivity index (χ3v) is 6.54. The minimum absolute atomic E-state index is 0.175. The maximum Gasteiger partial charge on any atom is 0.243 e. The van der Waals surface area contributed by atoms with Crippen LogP contribution >= 0.6 is 27.3 Å². The molecule has 0 unspecified atom stereocenters. The predicted octanol–water partition coefficient (Wildman–Crippen LogP) is 3.73. The van der Waals surface area contributed by atoms with Crippen LogP contribution in [0, 0.1) is 0 Å². The van der Waals surface area contributed by atoms with Gasteiger partial charge in [-0.1, -0.05) is 35.7 Å². The molecule has 0 saturated heterocycles. The normalized spacial score (nSPS) is 11.6. The van der Waals surface area contributed by atoms with Crippen LogP contribution in [0.15, 0.2) is 45.2 Å². The van der Waals surface area contributed by atoms with E-state index in [4.69, 9.17) is 0 Å². The molecular weight excluding hydrogens is 426 g/mol. The molecule has 0 spiro atoms. The highest BCUT2D eigenvalue weighted by Crippen LogP contribution is 2.20. The van der Waals surface area contributed by atoms with Gasteiger partial charge in [-0.2, -0.15) is 4.31 Å². The number of nitrogens with one attached hydrogen (secondary N) is 1. The number of sulfonamides is 1. The Morgan fingerprint density at radius 3 is 2.60 bits per heavy atom. The van der Waals surface area contributed by atoms with Crippen LogP contribution in [0.5, 0.6) is 0 Å². The molecule has 2 rings (SSSR count). The standard InChI is InChI=1S/C16H20BrN3O3S2/c1-2-3-4-10-20(12-15(21)19-16-18-9-11-24-16)25(22,23)14-7-5-13(17)6-8-14/h5-9,11H,2-4,10,12H2,1H3,(H,18,19,21). The molecule has 9 heteroatoms. The molecule has 25 heavy (non-hydrogen) atoms. The van der Waals surface area contributed by atoms with E-state index in [2.05, 4.69) is 26.2 Å². The molecule has 6 nitrogen and oxygen atoms in total. The highest BCUT2D eigenvalue weighted by Gasteiger charge is 2.26. The molecule has 0 radical (unpaired) electrons. The van der Waals surface area contributed by atoms with Crippen LogP contribution in [0.2, 0.25) is 0 Å². The molecule has 0 aliphatic carbocycles. The molecule has 0 aliphatic rings. The van der Waals surface area contributed by atoms with E-state index >= 15 is 0 Å². The summed E-state index contributed by atoms with van der Waals surface area (Å²) in [5.74, 6) is -0.396. The van der Waals surface area contributed by atoms with Crippen LogP contribution in [0.25, 0.3) is 0 Å². The molecule has 1 amide bonds. The Morgan fingerprint density at radius 2 is 2.00 bits per heavy atom. The zero-order valence-corrected chi connectivity index (χ0v) is 17.0. The number of anilines is 1. The summed E-state index contributed by atoms with van der Waals surface area (Å²) >= 11 is 4.58. The van der Waals surface area contributed by atoms with Crippen molar-refractivity contribution in [2.45, 2.75) is 31.1 Å². The number of carbonyl (C=O) groups is 1. The van der Waals surface area contributed by atoms with Gasteiger partial charge in [-0.3, -0.25) is 4.79 Å². The second kappa shape index (κ2) is 9.42. The summed E-state index contributed by atoms with van der Waals surface area (Å²) in [6.45, 7) is 2.11. The molecule has 0 aliphatic heterocycles. The minimum atomic E-state index is -3.74. The van der Waals surface area contributed by atoms with Crippen LogP contribution < -0.4 is 5.32 Å². The van der Waals surface area contributed by atoms with Crippen molar-refractivity contribution in [1.82, 2.24) is 9.29 Å². The van der Waals surface area contributed by atoms with Crippen molar-refractivity contribution in [2.24, 2.45) is 0 Å². The predicted molar refractivity (Wildman–Crippen MR) is 103 cm³/mol. The van der Waals surface area contributed by atoms with E-state index in [1.807, 2.05) is 6.92 Å². The molecule has 0 fully saturated rings. The summed E-state index contributed by atoms with van der Waals surface area (Å²) < 4.78 is 27.8. The molecule has 136 valence electrons. The fraction of sp³-hybridized carbons (Fsp3) is 0.375. The lowest BCUT2D eigenvalue weighted by molar-refractivity contribution is -0.116. The topological polar surface area (TPSA) is 79.4 Å². The zero-order chi connectivity index (χ0) is 18.3. The maximum atomic E-state index is 12.9. The number of hydrogen-bond donors (Lipinski definition) is 1. The van der Waals surface area contributed by atoms with Crippen LogP contribution in [0.4, 0.5) is 5.13 Å². The lowest BCUT2D eigenvalue weighted by atomic mass is 10.2. The van der Waals surface area contributed by atoms with Gasteiger partial charge >= 0.3 is 0 Å². The Bertz CT molecular complexity index is 777. The first kappa shape index (κ1) is 20.0. The van der Waals surface area contributed by atoms with E-state index in [0.717, 1.165) is 17.3 Å². The van der Waals surface area contributed by atoms with Gasteiger partial charge in [0.2, 0.25) is 15.9 Å². The van der Waals surface area contributed by atoms with Gasteiger partial charge in [-0.25, -0.2) is 13.4 Å². The van der Waals surface area contributed by atoms with E-state index < -0.39 is 15.9 Å². The van der Waals surface area contributed by atoms with Gasteiger partial charge < -0.3 is 5.32 Å². The largest absolute Gasteiger partial charge is 0.301 e. The van der Waals surface area contributed by atoms with E-state index in [1.54, 1.807) is 23.7 Å². The highest BCUT2D eigenvalue weighted by atomic mass is 79.9. The van der Waals surface area contributed by atoms with Crippen molar-refractivity contribution in [2.75, 3.05) is 18.4 Å². The number of benzene rings is 1. The molecule has 1 aromatic heterocycles. The molecule has 1 aromatic carbocycles. The van der Waals surface area contributed by atoms with Gasteiger partial charge in [-0.05, 0) is 30.7 Å². The summed E-state index contributed by atoms with van der Waals surface area (Å²) in [7, 11) is -3.74. The number of unbranched alkanes of at least 4 members (excludes halogenated alkanes) is 2. The van der Waals surface area contributed by atoms with Crippen molar-refractivity contribution in [3.8, 4) is 0 Å². The van der Waals surface area contributed by atoms with Gasteiger partial charge in [-0.15, -0.1) is 11.3 Å². The average Bonchev–Trinajstić information content (AvgIpc) is 3.07. The molecule has 0 bridgehead atoms. The summed E-state index contributed by atoms with van der Waals surface area (Å²) in [6.07, 6.45) is 4.16. The van der Waals surface area contributed by atoms with E-state index in [1.165, 1.54) is 27.8 Å². The van der Waals surface area contributed by atoms with Crippen molar-refractivity contribution in [3.05, 3.63) is 40.3 Å². The number of amides is 1. The van der Waals surface area contributed by atoms with Gasteiger partial charge in [0.1, 0.15) is 0 Å². The lowest BCUT2D eigenvalue weighted by Crippen LogP contribution is -2.38. The SMILES string of the molecule is CCCCCN(CC(=O)Nc1nccs1)S(=O)(=O)c1ccc(Br)cc1. The maximum absolute atomic E-state index is 12.9. The van der Waals surface area contributed by atoms with Crippen LogP contribution in [-0.2, 0) is 14.8 Å². The first-order valence-electron chi connectivity index (χ1n) is 7.88. The molecular formula is C16H20BrN3O3S2. The Morgan fingerprint density at radius 1 is 1.28 bits per heavy atom. The molecule has 0 atom stereocenters. The fourth-order valence-electron chi connectivity index (χ4n) is 2.18. The smallest absolute Gasteiger partial charge is 0.243 e. The highest BCUT2D eigenvalue weighted by molar-refractivity contribution is 9.10. The summed E-state index contributed by atoms with van der Waals surface area (Å²) in [4.78, 5) is 16.4. The van der Waals surface area contributed by atoms with Crippen molar-refractivity contribution >= 4 is 48.3 Å². The van der Waals surface area contributed by atoms with E-state index in [0.29, 0.717) is 18.1 Å². The summed E-state index contributed by atoms with van der Waals surface area (Å²) in [5.41, 5.74) is 0. The Labute approximate surface area is 160 Å². The van der Waals surface area contributed by atoms with Gasteiger partial charge in [0.05, 0.1) is 11.4 Å². The Balaban J connectivity index is 2.15. The number of hydrogen-bond acceptors (Lipinski definition) is 5. The van der Waals surface area contributed by atoms with Gasteiger partial charge in [0, 0.05) is 22.6 Å². The van der Waals surface area contributed by atoms with Crippen LogP contribution in [-0.4, -0.2) is 36.7 Å². The fourth-order valence-corrected chi connectivity index (χ4v) is 4.43. The third-order valence-electron chi connectivity index (χ3n) is 3.46. The molecule has 1 N–H and O–H groups in total. The first-order chi connectivity index (χ1) is 11.9. The van der Waals surface area contributed by atoms with E-state index in [-0.39, 0.29) is 11.4 Å². The summed E-state index contributed by atoms with van der Waals surface area (Å²) in [5, 5.41) is 4.83. The number of halogens is 1.